The highest BCUT2D eigenvalue weighted by Gasteiger charge is 2.17. The zero-order valence-corrected chi connectivity index (χ0v) is 18.3. The molecule has 2 aromatic carbocycles. The maximum absolute atomic E-state index is 12.6. The minimum absolute atomic E-state index is 0.0574. The zero-order valence-electron chi connectivity index (χ0n) is 16.8. The number of oxazole rings is 1. The molecular weight excluding hydrogens is 440 g/mol. The van der Waals surface area contributed by atoms with Gasteiger partial charge in [-0.05, 0) is 49.7 Å². The molecule has 0 saturated carbocycles. The van der Waals surface area contributed by atoms with Gasteiger partial charge in [0.1, 0.15) is 0 Å². The number of benzene rings is 2. The zero-order chi connectivity index (χ0) is 22.0. The predicted molar refractivity (Wildman–Crippen MR) is 121 cm³/mol. The first-order chi connectivity index (χ1) is 14.9. The molecule has 0 aliphatic rings. The summed E-state index contributed by atoms with van der Waals surface area (Å²) in [4.78, 5) is 16.2. The van der Waals surface area contributed by atoms with E-state index >= 15 is 0 Å². The first-order valence-electron chi connectivity index (χ1n) is 9.80. The van der Waals surface area contributed by atoms with Crippen molar-refractivity contribution in [2.75, 3.05) is 18.4 Å². The van der Waals surface area contributed by atoms with Gasteiger partial charge in [0, 0.05) is 48.0 Å². The smallest absolute Gasteiger partial charge is 0.408 e. The largest absolute Gasteiger partial charge is 0.419 e. The molecule has 2 heterocycles. The first-order valence-corrected chi connectivity index (χ1v) is 11.7. The van der Waals surface area contributed by atoms with Crippen LogP contribution in [0.5, 0.6) is 0 Å². The van der Waals surface area contributed by atoms with Crippen LogP contribution in [-0.4, -0.2) is 31.1 Å². The minimum atomic E-state index is -3.72. The standard InChI is InChI=1S/C21H21ClN4O4S/c1-2-26-19-7-5-15(13-20(19)30-21(26)27)31(28,29)25-10-3-9-23-17-8-11-24-18-12-14(22)4-6-16(17)18/h4-8,11-13,25H,2-3,9-10H2,1H3,(H,23,24). The second kappa shape index (κ2) is 8.70. The highest BCUT2D eigenvalue weighted by molar-refractivity contribution is 7.89. The van der Waals surface area contributed by atoms with Crippen LogP contribution < -0.4 is 15.8 Å². The fourth-order valence-corrected chi connectivity index (χ4v) is 4.65. The van der Waals surface area contributed by atoms with E-state index in [-0.39, 0.29) is 17.0 Å². The van der Waals surface area contributed by atoms with Gasteiger partial charge in [0.05, 0.1) is 15.9 Å². The van der Waals surface area contributed by atoms with Gasteiger partial charge in [0.25, 0.3) is 0 Å². The summed E-state index contributed by atoms with van der Waals surface area (Å²) in [6.45, 7) is 3.09. The van der Waals surface area contributed by atoms with Crippen molar-refractivity contribution in [3.63, 3.8) is 0 Å². The molecule has 10 heteroatoms. The minimum Gasteiger partial charge on any atom is -0.408 e. The Morgan fingerprint density at radius 3 is 2.77 bits per heavy atom. The average molecular weight is 461 g/mol. The van der Waals surface area contributed by atoms with Crippen LogP contribution >= 0.6 is 11.6 Å². The summed E-state index contributed by atoms with van der Waals surface area (Å²) in [5.41, 5.74) is 2.52. The van der Waals surface area contributed by atoms with E-state index in [4.69, 9.17) is 16.0 Å². The molecule has 2 N–H and O–H groups in total. The second-order valence-corrected chi connectivity index (χ2v) is 9.14. The van der Waals surface area contributed by atoms with E-state index in [1.54, 1.807) is 24.4 Å². The van der Waals surface area contributed by atoms with Crippen LogP contribution in [0.3, 0.4) is 0 Å². The van der Waals surface area contributed by atoms with E-state index in [0.29, 0.717) is 30.0 Å². The Kier molecular flexibility index (Phi) is 5.99. The van der Waals surface area contributed by atoms with Gasteiger partial charge in [-0.1, -0.05) is 11.6 Å². The SMILES string of the molecule is CCn1c(=O)oc2cc(S(=O)(=O)NCCCNc3ccnc4cc(Cl)ccc34)ccc21. The summed E-state index contributed by atoms with van der Waals surface area (Å²) >= 11 is 6.01. The van der Waals surface area contributed by atoms with Crippen molar-refractivity contribution in [2.45, 2.75) is 24.8 Å². The highest BCUT2D eigenvalue weighted by Crippen LogP contribution is 2.24. The van der Waals surface area contributed by atoms with Gasteiger partial charge in [0.2, 0.25) is 10.0 Å². The Labute approximate surface area is 183 Å². The number of sulfonamides is 1. The van der Waals surface area contributed by atoms with Crippen LogP contribution in [-0.2, 0) is 16.6 Å². The Balaban J connectivity index is 1.37. The third-order valence-corrected chi connectivity index (χ3v) is 6.63. The lowest BCUT2D eigenvalue weighted by atomic mass is 10.2. The molecular formula is C21H21ClN4O4S. The number of rotatable bonds is 8. The molecule has 0 bridgehead atoms. The van der Waals surface area contributed by atoms with Crippen LogP contribution in [0.15, 0.2) is 62.8 Å². The third-order valence-electron chi connectivity index (χ3n) is 4.93. The first kappa shape index (κ1) is 21.4. The Morgan fingerprint density at radius 1 is 1.13 bits per heavy atom. The van der Waals surface area contributed by atoms with Crippen molar-refractivity contribution >= 4 is 49.3 Å². The lowest BCUT2D eigenvalue weighted by Crippen LogP contribution is -2.26. The summed E-state index contributed by atoms with van der Waals surface area (Å²) in [7, 11) is -3.72. The summed E-state index contributed by atoms with van der Waals surface area (Å²) in [5, 5.41) is 4.87. The van der Waals surface area contributed by atoms with Crippen LogP contribution in [0.25, 0.3) is 22.0 Å². The quantitative estimate of drug-likeness (QED) is 0.389. The van der Waals surface area contributed by atoms with Gasteiger partial charge in [-0.3, -0.25) is 9.55 Å². The molecule has 0 fully saturated rings. The number of aromatic nitrogens is 2. The number of aryl methyl sites for hydroxylation is 1. The number of fused-ring (bicyclic) bond motifs is 2. The number of hydrogen-bond acceptors (Lipinski definition) is 6. The van der Waals surface area contributed by atoms with E-state index in [0.717, 1.165) is 16.6 Å². The molecule has 0 aliphatic heterocycles. The van der Waals surface area contributed by atoms with E-state index < -0.39 is 15.8 Å². The van der Waals surface area contributed by atoms with Crippen LogP contribution in [0.1, 0.15) is 13.3 Å². The molecule has 162 valence electrons. The van der Waals surface area contributed by atoms with Crippen molar-refractivity contribution in [3.8, 4) is 0 Å². The maximum atomic E-state index is 12.6. The van der Waals surface area contributed by atoms with E-state index in [2.05, 4.69) is 15.0 Å². The fraction of sp³-hybridized carbons (Fsp3) is 0.238. The summed E-state index contributed by atoms with van der Waals surface area (Å²) < 4.78 is 34.4. The molecule has 0 amide bonds. The van der Waals surface area contributed by atoms with Crippen LogP contribution in [0.4, 0.5) is 5.69 Å². The summed E-state index contributed by atoms with van der Waals surface area (Å²) in [5.74, 6) is -0.503. The predicted octanol–water partition coefficient (Wildman–Crippen LogP) is 3.60. The second-order valence-electron chi connectivity index (χ2n) is 6.94. The Hall–Kier alpha value is -2.88. The number of pyridine rings is 1. The molecule has 8 nitrogen and oxygen atoms in total. The van der Waals surface area contributed by atoms with Crippen molar-refractivity contribution in [1.29, 1.82) is 0 Å². The maximum Gasteiger partial charge on any atom is 0.419 e. The fourth-order valence-electron chi connectivity index (χ4n) is 3.39. The Bertz CT molecular complexity index is 1410. The van der Waals surface area contributed by atoms with Gasteiger partial charge in [-0.25, -0.2) is 17.9 Å². The third kappa shape index (κ3) is 4.43. The van der Waals surface area contributed by atoms with Crippen molar-refractivity contribution < 1.29 is 12.8 Å². The van der Waals surface area contributed by atoms with E-state index in [1.807, 2.05) is 19.1 Å². The van der Waals surface area contributed by atoms with Crippen molar-refractivity contribution in [1.82, 2.24) is 14.3 Å². The number of nitrogens with one attached hydrogen (secondary N) is 2. The number of hydrogen-bond donors (Lipinski definition) is 2. The van der Waals surface area contributed by atoms with Gasteiger partial charge < -0.3 is 9.73 Å². The Morgan fingerprint density at radius 2 is 1.97 bits per heavy atom. The van der Waals surface area contributed by atoms with E-state index in [9.17, 15) is 13.2 Å². The molecule has 2 aromatic heterocycles. The highest BCUT2D eigenvalue weighted by atomic mass is 35.5. The normalized spacial score (nSPS) is 11.9. The number of nitrogens with zero attached hydrogens (tertiary/aromatic N) is 2. The topological polar surface area (TPSA) is 106 Å². The van der Waals surface area contributed by atoms with Crippen LogP contribution in [0, 0.1) is 0 Å². The molecule has 4 aromatic rings. The number of anilines is 1. The number of halogens is 1. The van der Waals surface area contributed by atoms with Crippen LogP contribution in [0.2, 0.25) is 5.02 Å². The van der Waals surface area contributed by atoms with Gasteiger partial charge in [0.15, 0.2) is 5.58 Å². The molecule has 0 unspecified atom stereocenters. The van der Waals surface area contributed by atoms with Crippen molar-refractivity contribution in [2.24, 2.45) is 0 Å². The van der Waals surface area contributed by atoms with Gasteiger partial charge in [-0.15, -0.1) is 0 Å². The molecule has 31 heavy (non-hydrogen) atoms. The molecule has 0 saturated heterocycles. The van der Waals surface area contributed by atoms with E-state index in [1.165, 1.54) is 16.7 Å². The monoisotopic (exact) mass is 460 g/mol. The van der Waals surface area contributed by atoms with Crippen molar-refractivity contribution in [3.05, 3.63) is 64.2 Å². The lowest BCUT2D eigenvalue weighted by molar-refractivity contribution is 0.512. The molecule has 0 spiro atoms. The molecule has 4 rings (SSSR count). The summed E-state index contributed by atoms with van der Waals surface area (Å²) in [6.07, 6.45) is 2.27. The molecule has 0 radical (unpaired) electrons. The van der Waals surface area contributed by atoms with Gasteiger partial charge in [-0.2, -0.15) is 0 Å². The summed E-state index contributed by atoms with van der Waals surface area (Å²) in [6, 6.07) is 11.8. The molecule has 0 atom stereocenters. The molecule has 0 aliphatic carbocycles. The average Bonchev–Trinajstić information content (AvgIpc) is 3.07. The van der Waals surface area contributed by atoms with Gasteiger partial charge >= 0.3 is 5.76 Å². The lowest BCUT2D eigenvalue weighted by Gasteiger charge is -2.10.